The maximum atomic E-state index is 6.40. The Kier molecular flexibility index (Phi) is 7.20. The van der Waals surface area contributed by atoms with E-state index in [1.54, 1.807) is 0 Å². The summed E-state index contributed by atoms with van der Waals surface area (Å²) in [6.45, 7) is 10.7. The lowest BCUT2D eigenvalue weighted by molar-refractivity contribution is 0.252. The van der Waals surface area contributed by atoms with E-state index in [0.29, 0.717) is 0 Å². The van der Waals surface area contributed by atoms with Crippen LogP contribution < -0.4 is 5.73 Å². The van der Waals surface area contributed by atoms with E-state index in [9.17, 15) is 0 Å². The molecular formula is C17H31N3. The Balaban J connectivity index is 2.55. The molecule has 3 nitrogen and oxygen atoms in total. The fraction of sp³-hybridized carbons (Fsp3) is 0.647. The molecule has 0 spiro atoms. The molecule has 0 aliphatic rings. The van der Waals surface area contributed by atoms with Crippen molar-refractivity contribution in [2.75, 3.05) is 40.3 Å². The van der Waals surface area contributed by atoms with Crippen molar-refractivity contribution in [3.63, 3.8) is 0 Å². The monoisotopic (exact) mass is 277 g/mol. The summed E-state index contributed by atoms with van der Waals surface area (Å²) in [7, 11) is 4.25. The molecule has 114 valence electrons. The minimum Gasteiger partial charge on any atom is -0.323 e. The quantitative estimate of drug-likeness (QED) is 0.793. The van der Waals surface area contributed by atoms with Gasteiger partial charge in [-0.3, -0.25) is 0 Å². The summed E-state index contributed by atoms with van der Waals surface area (Å²) in [4.78, 5) is 4.69. The van der Waals surface area contributed by atoms with Crippen LogP contribution in [-0.2, 0) is 0 Å². The highest BCUT2D eigenvalue weighted by Gasteiger charge is 2.13. The number of likely N-dealkylation sites (N-methyl/N-ethyl adjacent to an activating group) is 1. The second kappa shape index (κ2) is 8.40. The number of nitrogens with two attached hydrogens (primary N) is 1. The summed E-state index contributed by atoms with van der Waals surface area (Å²) in [5.74, 6) is 0. The molecule has 0 radical (unpaired) electrons. The zero-order chi connectivity index (χ0) is 15.1. The van der Waals surface area contributed by atoms with Gasteiger partial charge >= 0.3 is 0 Å². The van der Waals surface area contributed by atoms with Gasteiger partial charge < -0.3 is 15.5 Å². The summed E-state index contributed by atoms with van der Waals surface area (Å²) in [6.07, 6.45) is 1.19. The first kappa shape index (κ1) is 17.2. The van der Waals surface area contributed by atoms with E-state index in [2.05, 4.69) is 62.9 Å². The third-order valence-corrected chi connectivity index (χ3v) is 3.81. The molecule has 0 aromatic heterocycles. The van der Waals surface area contributed by atoms with Gasteiger partial charge in [-0.15, -0.1) is 0 Å². The summed E-state index contributed by atoms with van der Waals surface area (Å²) in [5.41, 5.74) is 10.3. The first-order valence-electron chi connectivity index (χ1n) is 7.63. The zero-order valence-corrected chi connectivity index (χ0v) is 13.8. The smallest absolute Gasteiger partial charge is 0.0426 e. The molecule has 0 heterocycles. The van der Waals surface area contributed by atoms with Crippen LogP contribution in [0, 0.1) is 13.8 Å². The fourth-order valence-electron chi connectivity index (χ4n) is 2.61. The third-order valence-electron chi connectivity index (χ3n) is 3.81. The molecule has 20 heavy (non-hydrogen) atoms. The highest BCUT2D eigenvalue weighted by Crippen LogP contribution is 2.18. The lowest BCUT2D eigenvalue weighted by Gasteiger charge is -2.26. The highest BCUT2D eigenvalue weighted by molar-refractivity contribution is 5.32. The summed E-state index contributed by atoms with van der Waals surface area (Å²) in [6, 6.07) is 6.67. The van der Waals surface area contributed by atoms with E-state index < -0.39 is 0 Å². The average molecular weight is 277 g/mol. The van der Waals surface area contributed by atoms with Gasteiger partial charge in [-0.1, -0.05) is 30.7 Å². The molecule has 1 aromatic carbocycles. The van der Waals surface area contributed by atoms with Crippen molar-refractivity contribution in [1.29, 1.82) is 0 Å². The molecule has 1 atom stereocenters. The number of hydrogen-bond acceptors (Lipinski definition) is 3. The second-order valence-electron chi connectivity index (χ2n) is 6.02. The topological polar surface area (TPSA) is 32.5 Å². The van der Waals surface area contributed by atoms with Crippen LogP contribution in [0.15, 0.2) is 18.2 Å². The lowest BCUT2D eigenvalue weighted by atomic mass is 9.99. The first-order chi connectivity index (χ1) is 9.43. The largest absolute Gasteiger partial charge is 0.323 e. The van der Waals surface area contributed by atoms with Crippen LogP contribution in [0.4, 0.5) is 0 Å². The van der Waals surface area contributed by atoms with Crippen molar-refractivity contribution >= 4 is 0 Å². The molecule has 1 aromatic rings. The van der Waals surface area contributed by atoms with E-state index in [1.807, 2.05) is 0 Å². The Morgan fingerprint density at radius 2 is 1.85 bits per heavy atom. The van der Waals surface area contributed by atoms with E-state index in [0.717, 1.165) is 26.2 Å². The minimum atomic E-state index is 0.106. The van der Waals surface area contributed by atoms with E-state index in [4.69, 9.17) is 5.73 Å². The maximum absolute atomic E-state index is 6.40. The van der Waals surface area contributed by atoms with Crippen molar-refractivity contribution in [1.82, 2.24) is 9.80 Å². The van der Waals surface area contributed by atoms with Crippen LogP contribution in [0.1, 0.15) is 36.1 Å². The SMILES string of the molecule is CCN(CCCN(C)C)CC(N)c1ccc(C)cc1C. The summed E-state index contributed by atoms with van der Waals surface area (Å²) < 4.78 is 0. The van der Waals surface area contributed by atoms with Crippen molar-refractivity contribution in [3.8, 4) is 0 Å². The summed E-state index contributed by atoms with van der Waals surface area (Å²) >= 11 is 0. The molecule has 0 amide bonds. The Labute approximate surface area is 124 Å². The van der Waals surface area contributed by atoms with E-state index in [-0.39, 0.29) is 6.04 Å². The molecule has 0 aliphatic carbocycles. The maximum Gasteiger partial charge on any atom is 0.0426 e. The molecule has 1 rings (SSSR count). The molecule has 1 unspecified atom stereocenters. The number of nitrogens with zero attached hydrogens (tertiary/aromatic N) is 2. The Morgan fingerprint density at radius 3 is 2.40 bits per heavy atom. The normalized spacial score (nSPS) is 13.2. The first-order valence-corrected chi connectivity index (χ1v) is 7.63. The van der Waals surface area contributed by atoms with Gasteiger partial charge in [-0.05, 0) is 65.1 Å². The lowest BCUT2D eigenvalue weighted by Crippen LogP contribution is -2.34. The number of benzene rings is 1. The van der Waals surface area contributed by atoms with Gasteiger partial charge in [0, 0.05) is 12.6 Å². The minimum absolute atomic E-state index is 0.106. The van der Waals surface area contributed by atoms with Crippen molar-refractivity contribution < 1.29 is 0 Å². The van der Waals surface area contributed by atoms with Gasteiger partial charge in [0.15, 0.2) is 0 Å². The molecule has 0 bridgehead atoms. The number of aryl methyl sites for hydroxylation is 2. The molecule has 0 fully saturated rings. The Morgan fingerprint density at radius 1 is 1.15 bits per heavy atom. The number of rotatable bonds is 8. The second-order valence-corrected chi connectivity index (χ2v) is 6.02. The van der Waals surface area contributed by atoms with Crippen LogP contribution >= 0.6 is 0 Å². The molecule has 3 heteroatoms. The molecule has 0 aliphatic heterocycles. The fourth-order valence-corrected chi connectivity index (χ4v) is 2.61. The Bertz CT molecular complexity index is 401. The highest BCUT2D eigenvalue weighted by atomic mass is 15.1. The molecular weight excluding hydrogens is 246 g/mol. The summed E-state index contributed by atoms with van der Waals surface area (Å²) in [5, 5.41) is 0. The van der Waals surface area contributed by atoms with E-state index in [1.165, 1.54) is 23.1 Å². The van der Waals surface area contributed by atoms with Gasteiger partial charge in [0.2, 0.25) is 0 Å². The third kappa shape index (κ3) is 5.61. The van der Waals surface area contributed by atoms with Crippen LogP contribution in [-0.4, -0.2) is 50.1 Å². The van der Waals surface area contributed by atoms with Gasteiger partial charge in [-0.2, -0.15) is 0 Å². The van der Waals surface area contributed by atoms with Crippen LogP contribution in [0.2, 0.25) is 0 Å². The number of hydrogen-bond donors (Lipinski definition) is 1. The molecule has 2 N–H and O–H groups in total. The van der Waals surface area contributed by atoms with Crippen LogP contribution in [0.25, 0.3) is 0 Å². The predicted octanol–water partition coefficient (Wildman–Crippen LogP) is 2.58. The Hall–Kier alpha value is -0.900. The van der Waals surface area contributed by atoms with Gasteiger partial charge in [0.25, 0.3) is 0 Å². The predicted molar refractivity (Wildman–Crippen MR) is 88.1 cm³/mol. The van der Waals surface area contributed by atoms with Crippen LogP contribution in [0.3, 0.4) is 0 Å². The van der Waals surface area contributed by atoms with Crippen molar-refractivity contribution in [3.05, 3.63) is 34.9 Å². The standard InChI is InChI=1S/C17H31N3/c1-6-20(11-7-10-19(4)5)13-17(18)16-9-8-14(2)12-15(16)3/h8-9,12,17H,6-7,10-11,13,18H2,1-5H3. The van der Waals surface area contributed by atoms with Gasteiger partial charge in [0.1, 0.15) is 0 Å². The van der Waals surface area contributed by atoms with Gasteiger partial charge in [0.05, 0.1) is 0 Å². The van der Waals surface area contributed by atoms with Gasteiger partial charge in [-0.25, -0.2) is 0 Å². The zero-order valence-electron chi connectivity index (χ0n) is 13.8. The van der Waals surface area contributed by atoms with Crippen LogP contribution in [0.5, 0.6) is 0 Å². The van der Waals surface area contributed by atoms with Crippen molar-refractivity contribution in [2.45, 2.75) is 33.2 Å². The molecule has 0 saturated carbocycles. The average Bonchev–Trinajstić information content (AvgIpc) is 2.36. The van der Waals surface area contributed by atoms with Crippen molar-refractivity contribution in [2.24, 2.45) is 5.73 Å². The van der Waals surface area contributed by atoms with E-state index >= 15 is 0 Å². The molecule has 0 saturated heterocycles.